The Labute approximate surface area is 184 Å². The Bertz CT molecular complexity index is 1130. The van der Waals surface area contributed by atoms with Crippen LogP contribution in [0.3, 0.4) is 0 Å². The zero-order chi connectivity index (χ0) is 21.9. The van der Waals surface area contributed by atoms with Crippen molar-refractivity contribution in [3.8, 4) is 22.8 Å². The minimum absolute atomic E-state index is 0.110. The van der Waals surface area contributed by atoms with Crippen LogP contribution in [0.25, 0.3) is 11.3 Å². The number of pyridine rings is 1. The highest BCUT2D eigenvalue weighted by Gasteiger charge is 2.30. The Morgan fingerprint density at radius 1 is 1.06 bits per heavy atom. The average Bonchev–Trinajstić information content (AvgIpc) is 3.34. The first-order chi connectivity index (χ1) is 15.7. The SMILES string of the molecule is O=C(Nc1ccc2c(c1)OCCO2)[C@H]1CCCN(C(=O)c2cc(-c3ccncc3)n[nH]2)C1. The maximum atomic E-state index is 13.0. The van der Waals surface area contributed by atoms with Crippen LogP contribution in [0.15, 0.2) is 48.8 Å². The van der Waals surface area contributed by atoms with E-state index in [1.54, 1.807) is 41.6 Å². The van der Waals surface area contributed by atoms with Crippen molar-refractivity contribution >= 4 is 17.5 Å². The monoisotopic (exact) mass is 433 g/mol. The molecule has 9 nitrogen and oxygen atoms in total. The van der Waals surface area contributed by atoms with Crippen LogP contribution in [0.2, 0.25) is 0 Å². The number of carbonyl (C=O) groups excluding carboxylic acids is 2. The van der Waals surface area contributed by atoms with Gasteiger partial charge in [-0.05, 0) is 43.2 Å². The molecule has 1 saturated heterocycles. The van der Waals surface area contributed by atoms with E-state index >= 15 is 0 Å². The van der Waals surface area contributed by atoms with E-state index in [4.69, 9.17) is 9.47 Å². The quantitative estimate of drug-likeness (QED) is 0.655. The molecule has 1 fully saturated rings. The van der Waals surface area contributed by atoms with Gasteiger partial charge in [-0.1, -0.05) is 0 Å². The lowest BCUT2D eigenvalue weighted by molar-refractivity contribution is -0.121. The normalized spacial score (nSPS) is 17.6. The topological polar surface area (TPSA) is 109 Å². The van der Waals surface area contributed by atoms with E-state index in [1.165, 1.54) is 0 Å². The summed E-state index contributed by atoms with van der Waals surface area (Å²) in [6.07, 6.45) is 4.85. The van der Waals surface area contributed by atoms with E-state index in [9.17, 15) is 9.59 Å². The highest BCUT2D eigenvalue weighted by molar-refractivity contribution is 5.96. The van der Waals surface area contributed by atoms with Gasteiger partial charge in [-0.25, -0.2) is 0 Å². The molecule has 1 aromatic carbocycles. The summed E-state index contributed by atoms with van der Waals surface area (Å²) in [6.45, 7) is 1.97. The molecule has 3 aromatic rings. The lowest BCUT2D eigenvalue weighted by atomic mass is 9.96. The maximum absolute atomic E-state index is 13.0. The highest BCUT2D eigenvalue weighted by Crippen LogP contribution is 2.33. The van der Waals surface area contributed by atoms with Crippen molar-refractivity contribution in [3.63, 3.8) is 0 Å². The molecular formula is C23H23N5O4. The summed E-state index contributed by atoms with van der Waals surface area (Å²) >= 11 is 0. The molecule has 0 spiro atoms. The van der Waals surface area contributed by atoms with Crippen LogP contribution in [0.5, 0.6) is 11.5 Å². The Hall–Kier alpha value is -3.88. The number of anilines is 1. The zero-order valence-corrected chi connectivity index (χ0v) is 17.4. The molecule has 0 bridgehead atoms. The molecular weight excluding hydrogens is 410 g/mol. The molecule has 0 aliphatic carbocycles. The third-order valence-corrected chi connectivity index (χ3v) is 5.67. The highest BCUT2D eigenvalue weighted by atomic mass is 16.6. The van der Waals surface area contributed by atoms with Gasteiger partial charge < -0.3 is 19.7 Å². The molecule has 0 saturated carbocycles. The Balaban J connectivity index is 1.24. The van der Waals surface area contributed by atoms with Gasteiger partial charge in [0.15, 0.2) is 11.5 Å². The van der Waals surface area contributed by atoms with E-state index in [2.05, 4.69) is 20.5 Å². The molecule has 9 heteroatoms. The third-order valence-electron chi connectivity index (χ3n) is 5.67. The summed E-state index contributed by atoms with van der Waals surface area (Å²) in [5.41, 5.74) is 2.62. The number of amides is 2. The second-order valence-corrected chi connectivity index (χ2v) is 7.84. The molecule has 1 atom stereocenters. The number of benzene rings is 1. The number of aromatic amines is 1. The van der Waals surface area contributed by atoms with Crippen molar-refractivity contribution in [2.75, 3.05) is 31.6 Å². The number of rotatable bonds is 4. The van der Waals surface area contributed by atoms with Crippen LogP contribution >= 0.6 is 0 Å². The molecule has 2 amide bonds. The average molecular weight is 433 g/mol. The lowest BCUT2D eigenvalue weighted by Gasteiger charge is -2.31. The van der Waals surface area contributed by atoms with Gasteiger partial charge in [0.2, 0.25) is 5.91 Å². The molecule has 2 aliphatic rings. The molecule has 164 valence electrons. The maximum Gasteiger partial charge on any atom is 0.271 e. The first-order valence-corrected chi connectivity index (χ1v) is 10.6. The molecule has 5 rings (SSSR count). The number of hydrogen-bond acceptors (Lipinski definition) is 6. The number of aromatic nitrogens is 3. The number of piperidine rings is 1. The van der Waals surface area contributed by atoms with Crippen LogP contribution in [-0.2, 0) is 4.79 Å². The zero-order valence-electron chi connectivity index (χ0n) is 17.4. The number of hydrogen-bond donors (Lipinski definition) is 2. The van der Waals surface area contributed by atoms with Gasteiger partial charge in [-0.3, -0.25) is 19.7 Å². The van der Waals surface area contributed by atoms with Crippen molar-refractivity contribution in [1.29, 1.82) is 0 Å². The van der Waals surface area contributed by atoms with Gasteiger partial charge in [0.1, 0.15) is 18.9 Å². The molecule has 2 aromatic heterocycles. The number of ether oxygens (including phenoxy) is 2. The van der Waals surface area contributed by atoms with E-state index in [1.807, 2.05) is 12.1 Å². The van der Waals surface area contributed by atoms with E-state index < -0.39 is 0 Å². The van der Waals surface area contributed by atoms with Gasteiger partial charge in [-0.15, -0.1) is 0 Å². The van der Waals surface area contributed by atoms with Crippen LogP contribution in [0.4, 0.5) is 5.69 Å². The van der Waals surface area contributed by atoms with E-state index in [0.717, 1.165) is 18.4 Å². The second kappa shape index (κ2) is 8.70. The van der Waals surface area contributed by atoms with Gasteiger partial charge in [0, 0.05) is 42.8 Å². The second-order valence-electron chi connectivity index (χ2n) is 7.84. The van der Waals surface area contributed by atoms with Gasteiger partial charge >= 0.3 is 0 Å². The lowest BCUT2D eigenvalue weighted by Crippen LogP contribution is -2.43. The first kappa shape index (κ1) is 20.0. The third kappa shape index (κ3) is 4.14. The fraction of sp³-hybridized carbons (Fsp3) is 0.304. The minimum atomic E-state index is -0.288. The number of nitrogens with zero attached hydrogens (tertiary/aromatic N) is 3. The molecule has 0 unspecified atom stereocenters. The van der Waals surface area contributed by atoms with E-state index in [-0.39, 0.29) is 17.7 Å². The van der Waals surface area contributed by atoms with Crippen molar-refractivity contribution in [1.82, 2.24) is 20.1 Å². The summed E-state index contributed by atoms with van der Waals surface area (Å²) < 4.78 is 11.1. The summed E-state index contributed by atoms with van der Waals surface area (Å²) in [4.78, 5) is 31.6. The first-order valence-electron chi connectivity index (χ1n) is 10.6. The molecule has 2 N–H and O–H groups in total. The van der Waals surface area contributed by atoms with Gasteiger partial charge in [0.05, 0.1) is 11.6 Å². The van der Waals surface area contributed by atoms with Gasteiger partial charge in [0.25, 0.3) is 5.91 Å². The Kier molecular flexibility index (Phi) is 5.45. The summed E-state index contributed by atoms with van der Waals surface area (Å²) in [7, 11) is 0. The van der Waals surface area contributed by atoms with Crippen LogP contribution < -0.4 is 14.8 Å². The van der Waals surface area contributed by atoms with Crippen LogP contribution in [-0.4, -0.2) is 58.2 Å². The fourth-order valence-corrected chi connectivity index (χ4v) is 4.01. The van der Waals surface area contributed by atoms with Crippen LogP contribution in [0, 0.1) is 5.92 Å². The predicted molar refractivity (Wildman–Crippen MR) is 117 cm³/mol. The summed E-state index contributed by atoms with van der Waals surface area (Å²) in [5, 5.41) is 10.0. The molecule has 32 heavy (non-hydrogen) atoms. The minimum Gasteiger partial charge on any atom is -0.486 e. The number of fused-ring (bicyclic) bond motifs is 1. The molecule has 2 aliphatic heterocycles. The Morgan fingerprint density at radius 2 is 1.88 bits per heavy atom. The number of nitrogens with one attached hydrogen (secondary N) is 2. The van der Waals surface area contributed by atoms with Gasteiger partial charge in [-0.2, -0.15) is 5.10 Å². The van der Waals surface area contributed by atoms with Crippen molar-refractivity contribution in [2.24, 2.45) is 5.92 Å². The predicted octanol–water partition coefficient (Wildman–Crippen LogP) is 2.73. The molecule has 4 heterocycles. The summed E-state index contributed by atoms with van der Waals surface area (Å²) in [5.74, 6) is 0.743. The number of likely N-dealkylation sites (tertiary alicyclic amines) is 1. The summed E-state index contributed by atoms with van der Waals surface area (Å²) in [6, 6.07) is 10.8. The van der Waals surface area contributed by atoms with Crippen molar-refractivity contribution < 1.29 is 19.1 Å². The number of carbonyl (C=O) groups is 2. The van der Waals surface area contributed by atoms with Crippen molar-refractivity contribution in [2.45, 2.75) is 12.8 Å². The van der Waals surface area contributed by atoms with Crippen LogP contribution in [0.1, 0.15) is 23.3 Å². The van der Waals surface area contributed by atoms with Crippen molar-refractivity contribution in [3.05, 3.63) is 54.5 Å². The number of H-pyrrole nitrogens is 1. The molecule has 0 radical (unpaired) electrons. The van der Waals surface area contributed by atoms with E-state index in [0.29, 0.717) is 54.9 Å². The Morgan fingerprint density at radius 3 is 2.72 bits per heavy atom. The largest absolute Gasteiger partial charge is 0.486 e. The standard InChI is InChI=1S/C23H23N5O4/c29-22(25-17-3-4-20-21(12-17)32-11-10-31-20)16-2-1-9-28(14-16)23(30)19-13-18(26-27-19)15-5-7-24-8-6-15/h3-8,12-13,16H,1-2,9-11,14H2,(H,25,29)(H,26,27)/t16-/m0/s1. The fourth-order valence-electron chi connectivity index (χ4n) is 4.01. The smallest absolute Gasteiger partial charge is 0.271 e.